The largest absolute Gasteiger partial charge is 0.337 e. The molecule has 0 spiro atoms. The molecule has 3 aromatic rings. The number of carbonyl (C=O) groups is 2. The third kappa shape index (κ3) is 4.63. The van der Waals surface area contributed by atoms with Crippen LogP contribution < -0.4 is 9.80 Å². The summed E-state index contributed by atoms with van der Waals surface area (Å²) in [6.45, 7) is 3.55. The Morgan fingerprint density at radius 1 is 1.05 bits per heavy atom. The molecule has 2 saturated heterocycles. The van der Waals surface area contributed by atoms with Gasteiger partial charge in [-0.2, -0.15) is 0 Å². The molecule has 2 amide bonds. The first-order chi connectivity index (χ1) is 18.3. The molecule has 3 aliphatic heterocycles. The number of rotatable bonds is 5. The zero-order valence-corrected chi connectivity index (χ0v) is 21.8. The number of thiazole rings is 1. The number of nitrogens with zero attached hydrogens (tertiary/aromatic N) is 6. The molecule has 5 heterocycles. The third-order valence-corrected chi connectivity index (χ3v) is 8.68. The molecular weight excluding hydrogens is 510 g/mol. The number of hydrogen-bond donors (Lipinski definition) is 0. The van der Waals surface area contributed by atoms with E-state index in [2.05, 4.69) is 21.0 Å². The van der Waals surface area contributed by atoms with E-state index in [0.29, 0.717) is 49.5 Å². The molecule has 0 N–H and O–H groups in total. The molecular formula is C27H28F2N6O2S. The molecule has 0 aliphatic carbocycles. The Hall–Kier alpha value is -3.47. The van der Waals surface area contributed by atoms with Gasteiger partial charge in [0.05, 0.1) is 5.56 Å². The summed E-state index contributed by atoms with van der Waals surface area (Å²) in [5, 5.41) is 2.35. The van der Waals surface area contributed by atoms with Gasteiger partial charge in [-0.3, -0.25) is 9.59 Å². The van der Waals surface area contributed by atoms with Crippen molar-refractivity contribution >= 4 is 40.5 Å². The Morgan fingerprint density at radius 3 is 2.50 bits per heavy atom. The third-order valence-electron chi connectivity index (χ3n) is 7.92. The maximum Gasteiger partial charge on any atom is 0.282 e. The first kappa shape index (κ1) is 24.8. The van der Waals surface area contributed by atoms with Crippen LogP contribution in [0.4, 0.5) is 26.1 Å². The first-order valence-corrected chi connectivity index (χ1v) is 13.8. The van der Waals surface area contributed by atoms with E-state index < -0.39 is 5.92 Å². The smallest absolute Gasteiger partial charge is 0.282 e. The van der Waals surface area contributed by atoms with Crippen LogP contribution in [-0.4, -0.2) is 57.8 Å². The quantitative estimate of drug-likeness (QED) is 0.471. The van der Waals surface area contributed by atoms with E-state index in [1.54, 1.807) is 6.20 Å². The average molecular weight is 539 g/mol. The standard InChI is InChI=1S/C27H28F2N6O2S/c1-27(28,29)20-14-31-26(32-15-20)34-10-6-18-12-21(2-3-22(18)34)35-16-19(13-23(35)36)17-4-8-33(9-5-17)25(37)24-30-7-11-38-24/h2-3,7,11-12,14-15,17,19H,4-6,8-10,13,16H2,1H3. The van der Waals surface area contributed by atoms with Gasteiger partial charge >= 0.3 is 0 Å². The molecule has 0 bridgehead atoms. The molecule has 2 fully saturated rings. The molecule has 0 saturated carbocycles. The zero-order chi connectivity index (χ0) is 26.4. The number of fused-ring (bicyclic) bond motifs is 1. The molecule has 38 heavy (non-hydrogen) atoms. The number of aromatic nitrogens is 3. The fourth-order valence-electron chi connectivity index (χ4n) is 5.79. The highest BCUT2D eigenvalue weighted by Gasteiger charge is 2.38. The summed E-state index contributed by atoms with van der Waals surface area (Å²) in [5.41, 5.74) is 2.69. The summed E-state index contributed by atoms with van der Waals surface area (Å²) >= 11 is 1.37. The molecule has 1 aromatic carbocycles. The number of benzene rings is 1. The van der Waals surface area contributed by atoms with Crippen molar-refractivity contribution in [2.24, 2.45) is 11.8 Å². The Balaban J connectivity index is 1.10. The number of amides is 2. The van der Waals surface area contributed by atoms with Crippen molar-refractivity contribution in [3.63, 3.8) is 0 Å². The van der Waals surface area contributed by atoms with E-state index in [4.69, 9.17) is 0 Å². The van der Waals surface area contributed by atoms with E-state index >= 15 is 0 Å². The number of anilines is 3. The summed E-state index contributed by atoms with van der Waals surface area (Å²) in [6, 6.07) is 5.97. The second-order valence-corrected chi connectivity index (χ2v) is 11.2. The topological polar surface area (TPSA) is 82.5 Å². The average Bonchev–Trinajstić information content (AvgIpc) is 3.68. The second-order valence-electron chi connectivity index (χ2n) is 10.3. The zero-order valence-electron chi connectivity index (χ0n) is 21.0. The lowest BCUT2D eigenvalue weighted by atomic mass is 9.83. The molecule has 1 unspecified atom stereocenters. The van der Waals surface area contributed by atoms with Crippen molar-refractivity contribution in [3.05, 3.63) is 58.3 Å². The predicted molar refractivity (Wildman–Crippen MR) is 140 cm³/mol. The number of halogens is 2. The minimum Gasteiger partial charge on any atom is -0.337 e. The van der Waals surface area contributed by atoms with Crippen LogP contribution in [0.2, 0.25) is 0 Å². The number of piperidine rings is 1. The normalized spacial score (nSPS) is 20.3. The lowest BCUT2D eigenvalue weighted by Crippen LogP contribution is -2.40. The Bertz CT molecular complexity index is 1340. The van der Waals surface area contributed by atoms with Crippen molar-refractivity contribution < 1.29 is 18.4 Å². The number of carbonyl (C=O) groups excluding carboxylic acids is 2. The fraction of sp³-hybridized carbons (Fsp3) is 0.444. The van der Waals surface area contributed by atoms with Crippen LogP contribution in [-0.2, 0) is 17.1 Å². The monoisotopic (exact) mass is 538 g/mol. The van der Waals surface area contributed by atoms with Crippen LogP contribution in [0.5, 0.6) is 0 Å². The maximum absolute atomic E-state index is 13.5. The summed E-state index contributed by atoms with van der Waals surface area (Å²) in [5.74, 6) is -1.78. The molecule has 2 aromatic heterocycles. The number of hydrogen-bond acceptors (Lipinski definition) is 7. The van der Waals surface area contributed by atoms with Crippen LogP contribution in [0.25, 0.3) is 0 Å². The highest BCUT2D eigenvalue weighted by atomic mass is 32.1. The SMILES string of the molecule is CC(F)(F)c1cnc(N2CCc3cc(N4CC(C5CCN(C(=O)c6nccs6)CC5)CC4=O)ccc32)nc1. The van der Waals surface area contributed by atoms with Gasteiger partial charge in [0.15, 0.2) is 5.01 Å². The van der Waals surface area contributed by atoms with Crippen molar-refractivity contribution in [2.45, 2.75) is 38.5 Å². The Morgan fingerprint density at radius 2 is 1.82 bits per heavy atom. The Labute approximate surface area is 223 Å². The Kier molecular flexibility index (Phi) is 6.33. The number of alkyl halides is 2. The molecule has 3 aliphatic rings. The second kappa shape index (κ2) is 9.68. The summed E-state index contributed by atoms with van der Waals surface area (Å²) in [4.78, 5) is 43.8. The predicted octanol–water partition coefficient (Wildman–Crippen LogP) is 4.64. The van der Waals surface area contributed by atoms with E-state index in [0.717, 1.165) is 43.1 Å². The highest BCUT2D eigenvalue weighted by Crippen LogP contribution is 2.39. The maximum atomic E-state index is 13.5. The first-order valence-electron chi connectivity index (χ1n) is 12.9. The van der Waals surface area contributed by atoms with Crippen LogP contribution >= 0.6 is 11.3 Å². The molecule has 198 valence electrons. The molecule has 1 atom stereocenters. The van der Waals surface area contributed by atoms with Gasteiger partial charge in [-0.15, -0.1) is 11.3 Å². The van der Waals surface area contributed by atoms with Crippen molar-refractivity contribution in [2.75, 3.05) is 36.0 Å². The van der Waals surface area contributed by atoms with Gasteiger partial charge in [0.25, 0.3) is 11.8 Å². The number of likely N-dealkylation sites (tertiary alicyclic amines) is 1. The lowest BCUT2D eigenvalue weighted by Gasteiger charge is -2.34. The summed E-state index contributed by atoms with van der Waals surface area (Å²) in [6.07, 6.45) is 7.08. The highest BCUT2D eigenvalue weighted by molar-refractivity contribution is 7.11. The van der Waals surface area contributed by atoms with E-state index in [1.807, 2.05) is 32.2 Å². The van der Waals surface area contributed by atoms with Crippen molar-refractivity contribution in [1.82, 2.24) is 19.9 Å². The van der Waals surface area contributed by atoms with Gasteiger partial charge in [-0.1, -0.05) is 0 Å². The van der Waals surface area contributed by atoms with Crippen LogP contribution in [0.15, 0.2) is 42.2 Å². The molecule has 8 nitrogen and oxygen atoms in total. The fourth-order valence-corrected chi connectivity index (χ4v) is 6.39. The van der Waals surface area contributed by atoms with Gasteiger partial charge in [0.2, 0.25) is 11.9 Å². The van der Waals surface area contributed by atoms with Gasteiger partial charge < -0.3 is 14.7 Å². The van der Waals surface area contributed by atoms with Gasteiger partial charge in [-0.05, 0) is 54.9 Å². The summed E-state index contributed by atoms with van der Waals surface area (Å²) in [7, 11) is 0. The van der Waals surface area contributed by atoms with E-state index in [1.165, 1.54) is 23.7 Å². The minimum absolute atomic E-state index is 0.000551. The van der Waals surface area contributed by atoms with Crippen molar-refractivity contribution in [3.8, 4) is 0 Å². The molecule has 0 radical (unpaired) electrons. The molecule has 6 rings (SSSR count). The minimum atomic E-state index is -2.98. The van der Waals surface area contributed by atoms with Crippen LogP contribution in [0.1, 0.15) is 47.1 Å². The van der Waals surface area contributed by atoms with Crippen LogP contribution in [0.3, 0.4) is 0 Å². The van der Waals surface area contributed by atoms with Gasteiger partial charge in [0, 0.05) is 74.9 Å². The lowest BCUT2D eigenvalue weighted by molar-refractivity contribution is -0.117. The van der Waals surface area contributed by atoms with Crippen LogP contribution in [0, 0.1) is 11.8 Å². The molecule has 11 heteroatoms. The summed E-state index contributed by atoms with van der Waals surface area (Å²) < 4.78 is 27.1. The van der Waals surface area contributed by atoms with Crippen molar-refractivity contribution in [1.29, 1.82) is 0 Å². The van der Waals surface area contributed by atoms with E-state index in [9.17, 15) is 18.4 Å². The van der Waals surface area contributed by atoms with Gasteiger partial charge in [-0.25, -0.2) is 23.7 Å². The van der Waals surface area contributed by atoms with E-state index in [-0.39, 0.29) is 23.3 Å². The van der Waals surface area contributed by atoms with Gasteiger partial charge in [0.1, 0.15) is 0 Å².